The zero-order chi connectivity index (χ0) is 25.3. The third-order valence-corrected chi connectivity index (χ3v) is 6.70. The molecule has 0 fully saturated rings. The molecule has 2 amide bonds. The number of nitrogens with one attached hydrogen (secondary N) is 1. The molecule has 36 heavy (non-hydrogen) atoms. The summed E-state index contributed by atoms with van der Waals surface area (Å²) in [6, 6.07) is 12.4. The van der Waals surface area contributed by atoms with E-state index in [0.29, 0.717) is 42.8 Å². The Labute approximate surface area is 206 Å². The van der Waals surface area contributed by atoms with Gasteiger partial charge in [0, 0.05) is 36.7 Å². The first kappa shape index (κ1) is 23.8. The van der Waals surface area contributed by atoms with Crippen LogP contribution >= 0.6 is 0 Å². The molecule has 0 spiro atoms. The van der Waals surface area contributed by atoms with Crippen LogP contribution in [0.1, 0.15) is 47.9 Å². The van der Waals surface area contributed by atoms with Gasteiger partial charge in [0.05, 0.1) is 5.56 Å². The first-order chi connectivity index (χ1) is 17.3. The zero-order valence-electron chi connectivity index (χ0n) is 19.5. The fourth-order valence-corrected chi connectivity index (χ4v) is 4.82. The summed E-state index contributed by atoms with van der Waals surface area (Å²) >= 11 is 0. The highest BCUT2D eigenvalue weighted by Gasteiger charge is 2.30. The number of benzene rings is 2. The fourth-order valence-electron chi connectivity index (χ4n) is 4.82. The molecule has 1 aromatic heterocycles. The van der Waals surface area contributed by atoms with Crippen molar-refractivity contribution in [2.45, 2.75) is 51.5 Å². The number of rotatable bonds is 5. The second kappa shape index (κ2) is 9.64. The molecule has 6 nitrogen and oxygen atoms in total. The SMILES string of the molecule is O=C(Nc1ccc2c(c1)CN(C(=O)Cn1cccn1)C2)C1=C(c2ccc(C(F)(F)F)cc2)CCCC1. The summed E-state index contributed by atoms with van der Waals surface area (Å²) in [6.07, 6.45) is 1.93. The van der Waals surface area contributed by atoms with E-state index in [0.717, 1.165) is 41.7 Å². The monoisotopic (exact) mass is 494 g/mol. The minimum absolute atomic E-state index is 0.0333. The summed E-state index contributed by atoms with van der Waals surface area (Å²) in [5.41, 5.74) is 3.98. The van der Waals surface area contributed by atoms with Crippen LogP contribution in [0.5, 0.6) is 0 Å². The van der Waals surface area contributed by atoms with Gasteiger partial charge in [0.15, 0.2) is 0 Å². The van der Waals surface area contributed by atoms with Gasteiger partial charge in [-0.1, -0.05) is 18.2 Å². The van der Waals surface area contributed by atoms with E-state index in [4.69, 9.17) is 0 Å². The normalized spacial score (nSPS) is 15.7. The van der Waals surface area contributed by atoms with E-state index in [1.807, 2.05) is 18.2 Å². The average molecular weight is 495 g/mol. The van der Waals surface area contributed by atoms with Gasteiger partial charge in [0.1, 0.15) is 6.54 Å². The number of hydrogen-bond donors (Lipinski definition) is 1. The standard InChI is InChI=1S/C27H25F3N4O2/c28-27(29,30)21-9-6-18(7-10-21)23-4-1-2-5-24(23)26(36)32-22-11-8-19-15-33(16-20(19)14-22)25(35)17-34-13-3-12-31-34/h3,6-14H,1-2,4-5,15-17H2,(H,32,36). The van der Waals surface area contributed by atoms with Crippen LogP contribution in [0.15, 0.2) is 66.5 Å². The molecule has 3 aromatic rings. The fraction of sp³-hybridized carbons (Fsp3) is 0.296. The van der Waals surface area contributed by atoms with Gasteiger partial charge in [-0.05, 0) is 78.3 Å². The number of nitrogens with zero attached hydrogens (tertiary/aromatic N) is 3. The van der Waals surface area contributed by atoms with Crippen LogP contribution in [0.25, 0.3) is 5.57 Å². The first-order valence-electron chi connectivity index (χ1n) is 11.9. The summed E-state index contributed by atoms with van der Waals surface area (Å²) < 4.78 is 40.5. The lowest BCUT2D eigenvalue weighted by atomic mass is 9.86. The molecule has 1 aliphatic carbocycles. The molecule has 2 heterocycles. The van der Waals surface area contributed by atoms with Crippen LogP contribution in [0.2, 0.25) is 0 Å². The van der Waals surface area contributed by atoms with E-state index in [9.17, 15) is 22.8 Å². The summed E-state index contributed by atoms with van der Waals surface area (Å²) in [4.78, 5) is 27.6. The molecule has 1 aliphatic heterocycles. The highest BCUT2D eigenvalue weighted by Crippen LogP contribution is 2.36. The second-order valence-corrected chi connectivity index (χ2v) is 9.13. The number of fused-ring (bicyclic) bond motifs is 1. The van der Waals surface area contributed by atoms with E-state index in [-0.39, 0.29) is 18.4 Å². The van der Waals surface area contributed by atoms with Crippen molar-refractivity contribution in [1.29, 1.82) is 0 Å². The quantitative estimate of drug-likeness (QED) is 0.516. The van der Waals surface area contributed by atoms with E-state index in [1.54, 1.807) is 28.0 Å². The zero-order valence-corrected chi connectivity index (χ0v) is 19.5. The number of carbonyl (C=O) groups excluding carboxylic acids is 2. The average Bonchev–Trinajstić information content (AvgIpc) is 3.53. The molecule has 0 atom stereocenters. The third-order valence-electron chi connectivity index (χ3n) is 6.70. The van der Waals surface area contributed by atoms with Crippen molar-refractivity contribution in [3.8, 4) is 0 Å². The maximum absolute atomic E-state index is 13.2. The summed E-state index contributed by atoms with van der Waals surface area (Å²) in [5, 5.41) is 7.04. The first-order valence-corrected chi connectivity index (χ1v) is 11.9. The topological polar surface area (TPSA) is 67.2 Å². The maximum atomic E-state index is 13.2. The number of hydrogen-bond acceptors (Lipinski definition) is 3. The predicted octanol–water partition coefficient (Wildman–Crippen LogP) is 5.41. The molecule has 0 saturated heterocycles. The maximum Gasteiger partial charge on any atom is 0.416 e. The summed E-state index contributed by atoms with van der Waals surface area (Å²) in [5.74, 6) is -0.275. The summed E-state index contributed by atoms with van der Waals surface area (Å²) in [7, 11) is 0. The number of carbonyl (C=O) groups is 2. The van der Waals surface area contributed by atoms with E-state index in [2.05, 4.69) is 10.4 Å². The van der Waals surface area contributed by atoms with E-state index >= 15 is 0 Å². The van der Waals surface area contributed by atoms with E-state index < -0.39 is 11.7 Å². The Balaban J connectivity index is 1.30. The Hall–Kier alpha value is -3.88. The van der Waals surface area contributed by atoms with Crippen LogP contribution in [-0.4, -0.2) is 26.5 Å². The lowest BCUT2D eigenvalue weighted by molar-refractivity contribution is -0.137. The molecule has 0 radical (unpaired) electrons. The Kier molecular flexibility index (Phi) is 6.38. The van der Waals surface area contributed by atoms with Crippen LogP contribution in [0, 0.1) is 0 Å². The van der Waals surface area contributed by atoms with Crippen LogP contribution in [-0.2, 0) is 35.4 Å². The smallest absolute Gasteiger partial charge is 0.332 e. The molecule has 0 unspecified atom stereocenters. The Bertz CT molecular complexity index is 1310. The van der Waals surface area contributed by atoms with Gasteiger partial charge >= 0.3 is 6.18 Å². The van der Waals surface area contributed by atoms with Gasteiger partial charge in [-0.25, -0.2) is 0 Å². The molecule has 5 rings (SSSR count). The minimum atomic E-state index is -4.40. The van der Waals surface area contributed by atoms with Crippen LogP contribution < -0.4 is 5.32 Å². The molecule has 9 heteroatoms. The number of aromatic nitrogens is 2. The van der Waals surface area contributed by atoms with E-state index in [1.165, 1.54) is 12.1 Å². The number of alkyl halides is 3. The highest BCUT2D eigenvalue weighted by atomic mass is 19.4. The van der Waals surface area contributed by atoms with Gasteiger partial charge in [0.2, 0.25) is 5.91 Å². The lowest BCUT2D eigenvalue weighted by Crippen LogP contribution is -2.29. The highest BCUT2D eigenvalue weighted by molar-refractivity contribution is 6.09. The Morgan fingerprint density at radius 2 is 1.72 bits per heavy atom. The number of anilines is 1. The summed E-state index contributed by atoms with van der Waals surface area (Å²) in [6.45, 7) is 1.14. The number of amides is 2. The molecular formula is C27H25F3N4O2. The molecular weight excluding hydrogens is 469 g/mol. The van der Waals surface area contributed by atoms with Crippen molar-refractivity contribution >= 4 is 23.1 Å². The third kappa shape index (κ3) is 5.05. The predicted molar refractivity (Wildman–Crippen MR) is 128 cm³/mol. The molecule has 0 bridgehead atoms. The molecule has 1 N–H and O–H groups in total. The molecule has 2 aliphatic rings. The Morgan fingerprint density at radius 1 is 0.972 bits per heavy atom. The van der Waals surface area contributed by atoms with Gasteiger partial charge < -0.3 is 10.2 Å². The lowest BCUT2D eigenvalue weighted by Gasteiger charge is -2.21. The van der Waals surface area contributed by atoms with Crippen molar-refractivity contribution < 1.29 is 22.8 Å². The minimum Gasteiger partial charge on any atom is -0.332 e. The van der Waals surface area contributed by atoms with Crippen molar-refractivity contribution in [1.82, 2.24) is 14.7 Å². The van der Waals surface area contributed by atoms with Gasteiger partial charge in [-0.2, -0.15) is 18.3 Å². The van der Waals surface area contributed by atoms with Crippen molar-refractivity contribution in [3.63, 3.8) is 0 Å². The van der Waals surface area contributed by atoms with Crippen molar-refractivity contribution in [2.75, 3.05) is 5.32 Å². The molecule has 2 aromatic carbocycles. The second-order valence-electron chi connectivity index (χ2n) is 9.13. The molecule has 186 valence electrons. The van der Waals surface area contributed by atoms with Crippen molar-refractivity contribution in [3.05, 3.63) is 88.8 Å². The van der Waals surface area contributed by atoms with Gasteiger partial charge in [-0.3, -0.25) is 14.3 Å². The number of halogens is 3. The van der Waals surface area contributed by atoms with Gasteiger partial charge in [-0.15, -0.1) is 0 Å². The Morgan fingerprint density at radius 3 is 2.44 bits per heavy atom. The number of allylic oxidation sites excluding steroid dienone is 1. The van der Waals surface area contributed by atoms with Gasteiger partial charge in [0.25, 0.3) is 5.91 Å². The van der Waals surface area contributed by atoms with Crippen LogP contribution in [0.4, 0.5) is 18.9 Å². The molecule has 0 saturated carbocycles. The van der Waals surface area contributed by atoms with Crippen molar-refractivity contribution in [2.24, 2.45) is 0 Å². The van der Waals surface area contributed by atoms with Crippen LogP contribution in [0.3, 0.4) is 0 Å². The largest absolute Gasteiger partial charge is 0.416 e.